The average Bonchev–Trinajstić information content (AvgIpc) is 2.65. The molecule has 0 aliphatic rings. The fraction of sp³-hybridized carbons (Fsp3) is 0.235. The number of hydrogen-bond donors (Lipinski definition) is 1. The van der Waals surface area contributed by atoms with Crippen molar-refractivity contribution >= 4 is 21.7 Å². The lowest BCUT2D eigenvalue weighted by Crippen LogP contribution is -2.18. The minimum absolute atomic E-state index is 0.131. The van der Waals surface area contributed by atoms with Crippen LogP contribution in [-0.2, 0) is 14.8 Å². The Balaban J connectivity index is 2.42. The summed E-state index contributed by atoms with van der Waals surface area (Å²) in [5.74, 6) is -1.15. The van der Waals surface area contributed by atoms with E-state index in [9.17, 15) is 26.4 Å². The number of carbonyl (C=O) groups excluding carboxylic acids is 1. The molecule has 0 heterocycles. The Kier molecular flexibility index (Phi) is 6.47. The summed E-state index contributed by atoms with van der Waals surface area (Å²) in [5, 5.41) is 0. The van der Waals surface area contributed by atoms with Crippen LogP contribution in [-0.4, -0.2) is 42.1 Å². The van der Waals surface area contributed by atoms with Crippen molar-refractivity contribution in [2.45, 2.75) is 11.3 Å². The lowest BCUT2D eigenvalue weighted by molar-refractivity contribution is -0.274. The zero-order valence-electron chi connectivity index (χ0n) is 15.4. The van der Waals surface area contributed by atoms with Crippen LogP contribution < -0.4 is 18.9 Å². The van der Waals surface area contributed by atoms with Crippen LogP contribution >= 0.6 is 0 Å². The summed E-state index contributed by atoms with van der Waals surface area (Å²) in [6.07, 6.45) is -4.91. The normalized spacial score (nSPS) is 11.5. The van der Waals surface area contributed by atoms with Gasteiger partial charge in [-0.2, -0.15) is 0 Å². The molecule has 2 aromatic rings. The maximum atomic E-state index is 12.6. The second kappa shape index (κ2) is 8.47. The predicted molar refractivity (Wildman–Crippen MR) is 94.8 cm³/mol. The van der Waals surface area contributed by atoms with Gasteiger partial charge in [0.05, 0.1) is 37.5 Å². The van der Waals surface area contributed by atoms with Crippen molar-refractivity contribution in [3.63, 3.8) is 0 Å². The van der Waals surface area contributed by atoms with Crippen LogP contribution in [0.25, 0.3) is 0 Å². The molecule has 0 unspecified atom stereocenters. The largest absolute Gasteiger partial charge is 0.573 e. The number of carbonyl (C=O) groups is 1. The van der Waals surface area contributed by atoms with Crippen molar-refractivity contribution in [3.8, 4) is 17.2 Å². The Morgan fingerprint density at radius 1 is 0.966 bits per heavy atom. The molecule has 0 aliphatic heterocycles. The minimum atomic E-state index is -4.91. The molecule has 0 aromatic heterocycles. The monoisotopic (exact) mass is 435 g/mol. The van der Waals surface area contributed by atoms with E-state index in [1.54, 1.807) is 0 Å². The second-order valence-electron chi connectivity index (χ2n) is 5.37. The number of alkyl halides is 3. The maximum absolute atomic E-state index is 12.6. The molecule has 1 N–H and O–H groups in total. The first-order valence-electron chi connectivity index (χ1n) is 7.73. The number of methoxy groups -OCH3 is 3. The van der Waals surface area contributed by atoms with E-state index in [-0.39, 0.29) is 27.6 Å². The zero-order valence-corrected chi connectivity index (χ0v) is 16.2. The summed E-state index contributed by atoms with van der Waals surface area (Å²) in [4.78, 5) is 11.7. The molecule has 0 aliphatic carbocycles. The van der Waals surface area contributed by atoms with E-state index in [1.807, 2.05) is 0 Å². The third-order valence-corrected chi connectivity index (χ3v) is 4.92. The van der Waals surface area contributed by atoms with Gasteiger partial charge in [0.1, 0.15) is 5.75 Å². The summed E-state index contributed by atoms with van der Waals surface area (Å²) in [7, 11) is -0.526. The summed E-state index contributed by atoms with van der Waals surface area (Å²) < 4.78 is 82.6. The number of esters is 1. The van der Waals surface area contributed by atoms with Crippen LogP contribution in [0.1, 0.15) is 10.4 Å². The maximum Gasteiger partial charge on any atom is 0.573 e. The molecule has 0 saturated carbocycles. The van der Waals surface area contributed by atoms with Gasteiger partial charge in [-0.25, -0.2) is 13.2 Å². The summed E-state index contributed by atoms with van der Waals surface area (Å²) in [6, 6.07) is 5.96. The van der Waals surface area contributed by atoms with Crippen LogP contribution in [0, 0.1) is 0 Å². The van der Waals surface area contributed by atoms with Gasteiger partial charge in [-0.05, 0) is 24.3 Å². The Hall–Kier alpha value is -3.15. The molecule has 0 radical (unpaired) electrons. The van der Waals surface area contributed by atoms with Crippen molar-refractivity contribution in [3.05, 3.63) is 42.0 Å². The molecule has 158 valence electrons. The Labute approximate surface area is 164 Å². The average molecular weight is 435 g/mol. The van der Waals surface area contributed by atoms with E-state index >= 15 is 0 Å². The number of nitrogens with one attached hydrogen (secondary N) is 1. The molecule has 0 saturated heterocycles. The van der Waals surface area contributed by atoms with Crippen molar-refractivity contribution in [1.29, 1.82) is 0 Å². The molecule has 0 fully saturated rings. The Bertz CT molecular complexity index is 989. The summed E-state index contributed by atoms with van der Waals surface area (Å²) >= 11 is 0. The van der Waals surface area contributed by atoms with E-state index in [0.29, 0.717) is 0 Å². The number of benzene rings is 2. The highest BCUT2D eigenvalue weighted by Gasteiger charge is 2.31. The smallest absolute Gasteiger partial charge is 0.493 e. The molecule has 2 rings (SSSR count). The van der Waals surface area contributed by atoms with Gasteiger partial charge in [0.25, 0.3) is 10.0 Å². The van der Waals surface area contributed by atoms with Gasteiger partial charge >= 0.3 is 12.3 Å². The van der Waals surface area contributed by atoms with Gasteiger partial charge in [-0.15, -0.1) is 13.2 Å². The lowest BCUT2D eigenvalue weighted by Gasteiger charge is -2.15. The van der Waals surface area contributed by atoms with Crippen LogP contribution in [0.2, 0.25) is 0 Å². The number of ether oxygens (including phenoxy) is 4. The van der Waals surface area contributed by atoms with Gasteiger partial charge in [0.2, 0.25) is 0 Å². The third kappa shape index (κ3) is 5.44. The second-order valence-corrected chi connectivity index (χ2v) is 7.05. The lowest BCUT2D eigenvalue weighted by atomic mass is 10.1. The molecule has 2 aromatic carbocycles. The molecule has 0 bridgehead atoms. The Morgan fingerprint density at radius 2 is 1.52 bits per heavy atom. The molecule has 8 nitrogen and oxygen atoms in total. The minimum Gasteiger partial charge on any atom is -0.493 e. The molecular formula is C17H16F3NO7S. The molecule has 12 heteroatoms. The number of sulfonamides is 1. The van der Waals surface area contributed by atoms with Crippen LogP contribution in [0.15, 0.2) is 41.3 Å². The van der Waals surface area contributed by atoms with E-state index in [1.165, 1.54) is 26.4 Å². The first-order chi connectivity index (χ1) is 13.5. The number of halogens is 3. The first kappa shape index (κ1) is 22.1. The van der Waals surface area contributed by atoms with Gasteiger partial charge in [0, 0.05) is 12.1 Å². The van der Waals surface area contributed by atoms with E-state index in [2.05, 4.69) is 14.2 Å². The number of hydrogen-bond acceptors (Lipinski definition) is 7. The molecule has 29 heavy (non-hydrogen) atoms. The van der Waals surface area contributed by atoms with Crippen LogP contribution in [0.4, 0.5) is 18.9 Å². The fourth-order valence-electron chi connectivity index (χ4n) is 2.27. The molecule has 0 amide bonds. The van der Waals surface area contributed by atoms with Crippen molar-refractivity contribution in [1.82, 2.24) is 0 Å². The third-order valence-electron chi connectivity index (χ3n) is 3.54. The van der Waals surface area contributed by atoms with Crippen LogP contribution in [0.3, 0.4) is 0 Å². The predicted octanol–water partition coefficient (Wildman–Crippen LogP) is 3.19. The van der Waals surface area contributed by atoms with Crippen molar-refractivity contribution in [2.75, 3.05) is 26.1 Å². The molecule has 0 spiro atoms. The Morgan fingerprint density at radius 3 is 2.00 bits per heavy atom. The van der Waals surface area contributed by atoms with Crippen LogP contribution in [0.5, 0.6) is 17.2 Å². The van der Waals surface area contributed by atoms with Gasteiger partial charge < -0.3 is 18.9 Å². The van der Waals surface area contributed by atoms with E-state index in [4.69, 9.17) is 9.47 Å². The van der Waals surface area contributed by atoms with Gasteiger partial charge in [-0.3, -0.25) is 4.72 Å². The quantitative estimate of drug-likeness (QED) is 0.667. The summed E-state index contributed by atoms with van der Waals surface area (Å²) in [6.45, 7) is 0. The van der Waals surface area contributed by atoms with Crippen molar-refractivity contribution < 1.29 is 45.3 Å². The molecular weight excluding hydrogens is 419 g/mol. The van der Waals surface area contributed by atoms with E-state index in [0.717, 1.165) is 31.4 Å². The molecule has 0 atom stereocenters. The summed E-state index contributed by atoms with van der Waals surface area (Å²) in [5.41, 5.74) is -0.337. The standard InChI is InChI=1S/C17H16F3NO7S/c1-25-14-8-12(16(22)27-3)13(9-15(14)26-2)21-29(23,24)11-6-4-10(5-7-11)28-17(18,19)20/h4-9,21H,1-3H3. The number of anilines is 1. The van der Waals surface area contributed by atoms with Crippen molar-refractivity contribution in [2.24, 2.45) is 0 Å². The highest BCUT2D eigenvalue weighted by molar-refractivity contribution is 7.92. The topological polar surface area (TPSA) is 100 Å². The fourth-order valence-corrected chi connectivity index (χ4v) is 3.34. The van der Waals surface area contributed by atoms with Gasteiger partial charge in [0.15, 0.2) is 11.5 Å². The van der Waals surface area contributed by atoms with Gasteiger partial charge in [-0.1, -0.05) is 0 Å². The first-order valence-corrected chi connectivity index (χ1v) is 9.22. The highest BCUT2D eigenvalue weighted by atomic mass is 32.2. The highest BCUT2D eigenvalue weighted by Crippen LogP contribution is 2.35. The number of rotatable bonds is 7. The van der Waals surface area contributed by atoms with E-state index < -0.39 is 28.1 Å². The SMILES string of the molecule is COC(=O)c1cc(OC)c(OC)cc1NS(=O)(=O)c1ccc(OC(F)(F)F)cc1. The zero-order chi connectivity index (χ0) is 21.8.